The van der Waals surface area contributed by atoms with E-state index >= 15 is 0 Å². The summed E-state index contributed by atoms with van der Waals surface area (Å²) in [6.45, 7) is 2.89. The topological polar surface area (TPSA) is 66.0 Å². The number of carbonyl (C=O) groups excluding carboxylic acids is 1. The molecule has 0 radical (unpaired) electrons. The van der Waals surface area contributed by atoms with Crippen molar-refractivity contribution in [3.63, 3.8) is 0 Å². The highest BCUT2D eigenvalue weighted by molar-refractivity contribution is 6.32. The number of rotatable bonds is 9. The minimum absolute atomic E-state index is 0.0589. The van der Waals surface area contributed by atoms with Gasteiger partial charge in [0, 0.05) is 18.7 Å². The number of benzene rings is 1. The molecule has 118 valence electrons. The maximum absolute atomic E-state index is 11.1. The van der Waals surface area contributed by atoms with Gasteiger partial charge in [-0.3, -0.25) is 0 Å². The molecule has 0 spiro atoms. The zero-order valence-corrected chi connectivity index (χ0v) is 13.2. The number of ether oxygens (including phenoxy) is 4. The summed E-state index contributed by atoms with van der Waals surface area (Å²) in [5.41, 5.74) is 0.735. The number of methoxy groups -OCH3 is 2. The van der Waals surface area contributed by atoms with Gasteiger partial charge in [-0.05, 0) is 6.92 Å². The fourth-order valence-electron chi connectivity index (χ4n) is 1.61. The van der Waals surface area contributed by atoms with Gasteiger partial charge in [0.2, 0.25) is 0 Å². The van der Waals surface area contributed by atoms with E-state index in [9.17, 15) is 4.79 Å². The lowest BCUT2D eigenvalue weighted by molar-refractivity contribution is -0.148. The lowest BCUT2D eigenvalue weighted by Gasteiger charge is -2.14. The Morgan fingerprint density at radius 3 is 2.57 bits per heavy atom. The SMILES string of the molecule is CCOC(=O)COCCNc1cc(OC)c(Cl)cc1OC. The van der Waals surface area contributed by atoms with Gasteiger partial charge in [-0.15, -0.1) is 0 Å². The Labute approximate surface area is 129 Å². The molecule has 1 aromatic rings. The molecule has 0 saturated carbocycles. The third-order valence-corrected chi connectivity index (χ3v) is 2.86. The molecule has 21 heavy (non-hydrogen) atoms. The highest BCUT2D eigenvalue weighted by atomic mass is 35.5. The fraction of sp³-hybridized carbons (Fsp3) is 0.500. The highest BCUT2D eigenvalue weighted by Gasteiger charge is 2.09. The van der Waals surface area contributed by atoms with Crippen LogP contribution in [0.5, 0.6) is 11.5 Å². The van der Waals surface area contributed by atoms with E-state index in [0.717, 1.165) is 5.69 Å². The number of halogens is 1. The van der Waals surface area contributed by atoms with Crippen LogP contribution in [0.4, 0.5) is 5.69 Å². The highest BCUT2D eigenvalue weighted by Crippen LogP contribution is 2.35. The van der Waals surface area contributed by atoms with E-state index in [0.29, 0.717) is 36.3 Å². The summed E-state index contributed by atoms with van der Waals surface area (Å²) in [4.78, 5) is 11.1. The zero-order valence-electron chi connectivity index (χ0n) is 12.4. The second-order valence-corrected chi connectivity index (χ2v) is 4.38. The van der Waals surface area contributed by atoms with Gasteiger partial charge in [0.1, 0.15) is 18.1 Å². The van der Waals surface area contributed by atoms with Crippen LogP contribution in [0.25, 0.3) is 0 Å². The molecule has 1 N–H and O–H groups in total. The largest absolute Gasteiger partial charge is 0.495 e. The van der Waals surface area contributed by atoms with Crippen LogP contribution in [0.15, 0.2) is 12.1 Å². The van der Waals surface area contributed by atoms with Crippen molar-refractivity contribution in [3.8, 4) is 11.5 Å². The molecular weight excluding hydrogens is 298 g/mol. The molecule has 1 aromatic carbocycles. The molecule has 0 aromatic heterocycles. The predicted molar refractivity (Wildman–Crippen MR) is 80.5 cm³/mol. The molecule has 0 amide bonds. The van der Waals surface area contributed by atoms with Crippen molar-refractivity contribution in [1.29, 1.82) is 0 Å². The number of nitrogens with one attached hydrogen (secondary N) is 1. The van der Waals surface area contributed by atoms with Gasteiger partial charge >= 0.3 is 5.97 Å². The number of carbonyl (C=O) groups is 1. The quantitative estimate of drug-likeness (QED) is 0.557. The standard InChI is InChI=1S/C14H20ClNO5/c1-4-21-14(17)9-20-6-5-16-11-8-12(18-2)10(15)7-13(11)19-3/h7-8,16H,4-6,9H2,1-3H3. The first-order chi connectivity index (χ1) is 10.1. The van der Waals surface area contributed by atoms with Crippen molar-refractivity contribution in [2.45, 2.75) is 6.92 Å². The van der Waals surface area contributed by atoms with Crippen LogP contribution in [0.1, 0.15) is 6.92 Å². The molecular formula is C14H20ClNO5. The molecule has 0 unspecified atom stereocenters. The van der Waals surface area contributed by atoms with Crippen molar-refractivity contribution in [1.82, 2.24) is 0 Å². The van der Waals surface area contributed by atoms with E-state index < -0.39 is 0 Å². The van der Waals surface area contributed by atoms with E-state index in [1.807, 2.05) is 0 Å². The van der Waals surface area contributed by atoms with E-state index in [1.165, 1.54) is 0 Å². The van der Waals surface area contributed by atoms with Crippen LogP contribution < -0.4 is 14.8 Å². The molecule has 0 heterocycles. The van der Waals surface area contributed by atoms with Gasteiger partial charge in [-0.25, -0.2) is 4.79 Å². The first-order valence-electron chi connectivity index (χ1n) is 6.51. The maximum Gasteiger partial charge on any atom is 0.332 e. The molecule has 0 atom stereocenters. The Morgan fingerprint density at radius 2 is 1.95 bits per heavy atom. The molecule has 7 heteroatoms. The molecule has 1 rings (SSSR count). The van der Waals surface area contributed by atoms with Gasteiger partial charge in [0.05, 0.1) is 38.1 Å². The second kappa shape index (κ2) is 9.31. The van der Waals surface area contributed by atoms with Gasteiger partial charge < -0.3 is 24.3 Å². The Kier molecular flexibility index (Phi) is 7.71. The summed E-state index contributed by atoms with van der Waals surface area (Å²) in [6, 6.07) is 3.41. The van der Waals surface area contributed by atoms with Crippen LogP contribution >= 0.6 is 11.6 Å². The molecule has 0 aliphatic carbocycles. The normalized spacial score (nSPS) is 10.1. The second-order valence-electron chi connectivity index (χ2n) is 3.97. The van der Waals surface area contributed by atoms with Crippen LogP contribution in [0.3, 0.4) is 0 Å². The minimum Gasteiger partial charge on any atom is -0.495 e. The molecule has 0 aliphatic rings. The number of hydrogen-bond acceptors (Lipinski definition) is 6. The summed E-state index contributed by atoms with van der Waals surface area (Å²) < 4.78 is 20.3. The van der Waals surface area contributed by atoms with Crippen molar-refractivity contribution in [2.75, 3.05) is 45.9 Å². The van der Waals surface area contributed by atoms with Crippen LogP contribution in [-0.2, 0) is 14.3 Å². The lowest BCUT2D eigenvalue weighted by Crippen LogP contribution is -2.16. The Morgan fingerprint density at radius 1 is 1.24 bits per heavy atom. The number of anilines is 1. The van der Waals surface area contributed by atoms with Gasteiger partial charge in [-0.2, -0.15) is 0 Å². The Bertz CT molecular complexity index is 467. The third-order valence-electron chi connectivity index (χ3n) is 2.56. The lowest BCUT2D eigenvalue weighted by atomic mass is 10.2. The summed E-state index contributed by atoms with van der Waals surface area (Å²) in [7, 11) is 3.10. The third kappa shape index (κ3) is 5.69. The monoisotopic (exact) mass is 317 g/mol. The predicted octanol–water partition coefficient (Wildman–Crippen LogP) is 2.35. The molecule has 0 bridgehead atoms. The number of hydrogen-bond donors (Lipinski definition) is 1. The fourth-order valence-corrected chi connectivity index (χ4v) is 1.85. The van der Waals surface area contributed by atoms with Crippen LogP contribution in [0, 0.1) is 0 Å². The average molecular weight is 318 g/mol. The summed E-state index contributed by atoms with van der Waals surface area (Å²) in [5, 5.41) is 3.60. The molecule has 6 nitrogen and oxygen atoms in total. The van der Waals surface area contributed by atoms with Gasteiger partial charge in [0.25, 0.3) is 0 Å². The number of esters is 1. The summed E-state index contributed by atoms with van der Waals surface area (Å²) >= 11 is 6.02. The van der Waals surface area contributed by atoms with Crippen molar-refractivity contribution in [3.05, 3.63) is 17.2 Å². The first-order valence-corrected chi connectivity index (χ1v) is 6.88. The van der Waals surface area contributed by atoms with Crippen LogP contribution in [0.2, 0.25) is 5.02 Å². The van der Waals surface area contributed by atoms with E-state index in [4.69, 9.17) is 30.5 Å². The van der Waals surface area contributed by atoms with E-state index in [2.05, 4.69) is 5.32 Å². The van der Waals surface area contributed by atoms with Crippen LogP contribution in [-0.4, -0.2) is 46.6 Å². The Balaban J connectivity index is 2.46. The summed E-state index contributed by atoms with van der Waals surface area (Å²) in [6.07, 6.45) is 0. The minimum atomic E-state index is -0.372. The van der Waals surface area contributed by atoms with E-state index in [-0.39, 0.29) is 12.6 Å². The van der Waals surface area contributed by atoms with Crippen molar-refractivity contribution >= 4 is 23.3 Å². The van der Waals surface area contributed by atoms with Crippen molar-refractivity contribution in [2.24, 2.45) is 0 Å². The van der Waals surface area contributed by atoms with E-state index in [1.54, 1.807) is 33.3 Å². The van der Waals surface area contributed by atoms with Gasteiger partial charge in [-0.1, -0.05) is 11.6 Å². The van der Waals surface area contributed by atoms with Crippen molar-refractivity contribution < 1.29 is 23.7 Å². The molecule has 0 fully saturated rings. The smallest absolute Gasteiger partial charge is 0.332 e. The molecule has 0 saturated heterocycles. The van der Waals surface area contributed by atoms with Gasteiger partial charge in [0.15, 0.2) is 0 Å². The average Bonchev–Trinajstić information content (AvgIpc) is 2.48. The first kappa shape index (κ1) is 17.4. The Hall–Kier alpha value is -1.66. The maximum atomic E-state index is 11.1. The zero-order chi connectivity index (χ0) is 15.7. The summed E-state index contributed by atoms with van der Waals surface area (Å²) in [5.74, 6) is 0.779. The molecule has 0 aliphatic heterocycles.